The van der Waals surface area contributed by atoms with Gasteiger partial charge in [-0.25, -0.2) is 0 Å². The molecule has 8 heteroatoms. The molecular formula is C11H14N2O4S2. The summed E-state index contributed by atoms with van der Waals surface area (Å²) in [4.78, 5) is 26.6. The predicted molar refractivity (Wildman–Crippen MR) is 74.6 cm³/mol. The lowest BCUT2D eigenvalue weighted by molar-refractivity contribution is -0.137. The van der Waals surface area contributed by atoms with Crippen LogP contribution in [0.2, 0.25) is 0 Å². The summed E-state index contributed by atoms with van der Waals surface area (Å²) in [7, 11) is 0. The molecule has 104 valence electrons. The fraction of sp³-hybridized carbons (Fsp3) is 0.545. The van der Waals surface area contributed by atoms with Crippen LogP contribution in [0.15, 0.2) is 11.1 Å². The Balaban J connectivity index is 2.00. The van der Waals surface area contributed by atoms with Gasteiger partial charge in [-0.05, 0) is 0 Å². The number of aliphatic carboxylic acids is 1. The van der Waals surface area contributed by atoms with Crippen molar-refractivity contribution < 1.29 is 19.4 Å². The molecule has 2 aliphatic rings. The number of morpholine rings is 1. The van der Waals surface area contributed by atoms with Gasteiger partial charge in [-0.3, -0.25) is 14.5 Å². The maximum Gasteiger partial charge on any atom is 0.305 e. The Morgan fingerprint density at radius 3 is 2.79 bits per heavy atom. The minimum atomic E-state index is -0.939. The fourth-order valence-corrected chi connectivity index (χ4v) is 3.08. The monoisotopic (exact) mass is 302 g/mol. The average Bonchev–Trinajstić information content (AvgIpc) is 2.63. The Bertz CT molecular complexity index is 432. The van der Waals surface area contributed by atoms with Gasteiger partial charge in [0.05, 0.1) is 24.5 Å². The smallest absolute Gasteiger partial charge is 0.305 e. The first-order chi connectivity index (χ1) is 9.08. The molecule has 2 aliphatic heterocycles. The molecule has 0 unspecified atom stereocenters. The van der Waals surface area contributed by atoms with Crippen LogP contribution in [0, 0.1) is 0 Å². The molecule has 0 radical (unpaired) electrons. The number of carbonyl (C=O) groups excluding carboxylic acids is 1. The van der Waals surface area contributed by atoms with Crippen molar-refractivity contribution >= 4 is 40.2 Å². The molecular weight excluding hydrogens is 288 g/mol. The summed E-state index contributed by atoms with van der Waals surface area (Å²) in [5.74, 6) is -1.14. The number of amides is 1. The number of thioether (sulfide) groups is 1. The lowest BCUT2D eigenvalue weighted by Crippen LogP contribution is -2.33. The molecule has 19 heavy (non-hydrogen) atoms. The normalized spacial score (nSPS) is 22.4. The van der Waals surface area contributed by atoms with E-state index in [2.05, 4.69) is 0 Å². The van der Waals surface area contributed by atoms with Crippen molar-refractivity contribution in [1.29, 1.82) is 0 Å². The topological polar surface area (TPSA) is 70.1 Å². The number of carbonyl (C=O) groups is 2. The molecule has 2 rings (SSSR count). The van der Waals surface area contributed by atoms with Gasteiger partial charge >= 0.3 is 5.97 Å². The molecule has 2 saturated heterocycles. The highest BCUT2D eigenvalue weighted by atomic mass is 32.2. The van der Waals surface area contributed by atoms with Gasteiger partial charge in [0.1, 0.15) is 4.32 Å². The Morgan fingerprint density at radius 2 is 2.16 bits per heavy atom. The van der Waals surface area contributed by atoms with Crippen LogP contribution in [0.1, 0.15) is 6.42 Å². The number of ether oxygens (including phenoxy) is 1. The summed E-state index contributed by atoms with van der Waals surface area (Å²) in [5.41, 5.74) is 0. The first-order valence-electron chi connectivity index (χ1n) is 5.87. The van der Waals surface area contributed by atoms with Crippen LogP contribution in [-0.4, -0.2) is 64.0 Å². The standard InChI is InChI=1S/C11H14N2O4S2/c14-9(15)1-2-13-10(16)8(19-11(13)18)7-12-3-5-17-6-4-12/h7H,1-6H2,(H,14,15)/b8-7+. The highest BCUT2D eigenvalue weighted by molar-refractivity contribution is 8.26. The zero-order chi connectivity index (χ0) is 13.8. The van der Waals surface area contributed by atoms with E-state index in [1.54, 1.807) is 6.20 Å². The highest BCUT2D eigenvalue weighted by Gasteiger charge is 2.32. The van der Waals surface area contributed by atoms with Crippen LogP contribution in [0.5, 0.6) is 0 Å². The van der Waals surface area contributed by atoms with E-state index in [9.17, 15) is 9.59 Å². The maximum absolute atomic E-state index is 12.1. The average molecular weight is 302 g/mol. The lowest BCUT2D eigenvalue weighted by Gasteiger charge is -2.25. The SMILES string of the molecule is O=C(O)CCN1C(=O)/C(=C\N2CCOCC2)SC1=S. The number of carboxylic acids is 1. The van der Waals surface area contributed by atoms with Gasteiger partial charge in [0, 0.05) is 25.8 Å². The summed E-state index contributed by atoms with van der Waals surface area (Å²) in [5, 5.41) is 8.65. The van der Waals surface area contributed by atoms with Gasteiger partial charge in [0.15, 0.2) is 0 Å². The molecule has 0 aliphatic carbocycles. The third-order valence-corrected chi connectivity index (χ3v) is 4.13. The molecule has 1 amide bonds. The quantitative estimate of drug-likeness (QED) is 0.599. The van der Waals surface area contributed by atoms with Crippen molar-refractivity contribution in [3.05, 3.63) is 11.1 Å². The number of rotatable bonds is 4. The van der Waals surface area contributed by atoms with Gasteiger partial charge in [-0.2, -0.15) is 0 Å². The van der Waals surface area contributed by atoms with E-state index < -0.39 is 5.97 Å². The third-order valence-electron chi connectivity index (χ3n) is 2.77. The van der Waals surface area contributed by atoms with E-state index in [1.165, 1.54) is 16.7 Å². The van der Waals surface area contributed by atoms with E-state index in [1.807, 2.05) is 4.90 Å². The van der Waals surface area contributed by atoms with Crippen LogP contribution >= 0.6 is 24.0 Å². The van der Waals surface area contributed by atoms with Crippen molar-refractivity contribution in [3.8, 4) is 0 Å². The van der Waals surface area contributed by atoms with Crippen LogP contribution < -0.4 is 0 Å². The van der Waals surface area contributed by atoms with Gasteiger partial charge in [-0.1, -0.05) is 24.0 Å². The van der Waals surface area contributed by atoms with E-state index in [4.69, 9.17) is 22.1 Å². The molecule has 2 heterocycles. The molecule has 6 nitrogen and oxygen atoms in total. The van der Waals surface area contributed by atoms with Crippen molar-refractivity contribution in [2.75, 3.05) is 32.8 Å². The van der Waals surface area contributed by atoms with E-state index >= 15 is 0 Å². The molecule has 2 fully saturated rings. The second-order valence-corrected chi connectivity index (χ2v) is 5.79. The number of hydrogen-bond donors (Lipinski definition) is 1. The number of carboxylic acid groups (broad SMARTS) is 1. The summed E-state index contributed by atoms with van der Waals surface area (Å²) < 4.78 is 5.66. The summed E-state index contributed by atoms with van der Waals surface area (Å²) in [6.45, 7) is 2.92. The fourth-order valence-electron chi connectivity index (χ4n) is 1.76. The van der Waals surface area contributed by atoms with Crippen LogP contribution in [0.4, 0.5) is 0 Å². The zero-order valence-corrected chi connectivity index (χ0v) is 11.8. The summed E-state index contributed by atoms with van der Waals surface area (Å²) >= 11 is 6.33. The molecule has 1 N–H and O–H groups in total. The Labute approximate surface area is 120 Å². The number of nitrogens with zero attached hydrogens (tertiary/aromatic N) is 2. The summed E-state index contributed by atoms with van der Waals surface area (Å²) in [6.07, 6.45) is 1.69. The van der Waals surface area contributed by atoms with Crippen LogP contribution in [0.3, 0.4) is 0 Å². The predicted octanol–water partition coefficient (Wildman–Crippen LogP) is 0.495. The molecule has 0 aromatic heterocycles. The number of thiocarbonyl (C=S) groups is 1. The molecule has 0 spiro atoms. The minimum absolute atomic E-state index is 0.0999. The molecule has 0 bridgehead atoms. The van der Waals surface area contributed by atoms with Crippen LogP contribution in [0.25, 0.3) is 0 Å². The Hall–Kier alpha value is -1.12. The zero-order valence-electron chi connectivity index (χ0n) is 10.2. The first kappa shape index (κ1) is 14.3. The molecule has 0 atom stereocenters. The second-order valence-electron chi connectivity index (χ2n) is 4.11. The third kappa shape index (κ3) is 3.68. The first-order valence-corrected chi connectivity index (χ1v) is 7.09. The van der Waals surface area contributed by atoms with Gasteiger partial charge < -0.3 is 14.7 Å². The minimum Gasteiger partial charge on any atom is -0.481 e. The van der Waals surface area contributed by atoms with Crippen molar-refractivity contribution in [1.82, 2.24) is 9.80 Å². The van der Waals surface area contributed by atoms with Crippen molar-refractivity contribution in [2.24, 2.45) is 0 Å². The van der Waals surface area contributed by atoms with Crippen LogP contribution in [-0.2, 0) is 14.3 Å². The van der Waals surface area contributed by atoms with Gasteiger partial charge in [0.2, 0.25) is 0 Å². The largest absolute Gasteiger partial charge is 0.481 e. The van der Waals surface area contributed by atoms with Gasteiger partial charge in [-0.15, -0.1) is 0 Å². The molecule has 0 aromatic carbocycles. The lowest BCUT2D eigenvalue weighted by atomic mass is 10.3. The Kier molecular flexibility index (Phi) is 4.78. The second kappa shape index (κ2) is 6.36. The summed E-state index contributed by atoms with van der Waals surface area (Å²) in [6, 6.07) is 0. The Morgan fingerprint density at radius 1 is 1.47 bits per heavy atom. The van der Waals surface area contributed by atoms with E-state index in [-0.39, 0.29) is 18.9 Å². The molecule has 0 saturated carbocycles. The highest BCUT2D eigenvalue weighted by Crippen LogP contribution is 2.31. The van der Waals surface area contributed by atoms with Crippen molar-refractivity contribution in [2.45, 2.75) is 6.42 Å². The van der Waals surface area contributed by atoms with Gasteiger partial charge in [0.25, 0.3) is 5.91 Å². The van der Waals surface area contributed by atoms with E-state index in [0.29, 0.717) is 22.4 Å². The van der Waals surface area contributed by atoms with Crippen molar-refractivity contribution in [3.63, 3.8) is 0 Å². The maximum atomic E-state index is 12.1. The molecule has 0 aromatic rings. The number of hydrogen-bond acceptors (Lipinski definition) is 6. The van der Waals surface area contributed by atoms with E-state index in [0.717, 1.165) is 13.1 Å².